The molecule has 2 aromatic rings. The summed E-state index contributed by atoms with van der Waals surface area (Å²) in [6, 6.07) is 1.67. The number of amides is 1. The monoisotopic (exact) mass is 313 g/mol. The van der Waals surface area contributed by atoms with Crippen LogP contribution in [-0.2, 0) is 4.79 Å². The summed E-state index contributed by atoms with van der Waals surface area (Å²) in [5, 5.41) is 18.3. The predicted octanol–water partition coefficient (Wildman–Crippen LogP) is 2.39. The smallest absolute Gasteiger partial charge is 0.236 e. The largest absolute Gasteiger partial charge is 0.360 e. The van der Waals surface area contributed by atoms with Crippen LogP contribution in [0, 0.1) is 6.92 Å². The van der Waals surface area contributed by atoms with Crippen LogP contribution in [-0.4, -0.2) is 33.6 Å². The average Bonchev–Trinajstić information content (AvgIpc) is 3.03. The van der Waals surface area contributed by atoms with Crippen LogP contribution in [0.3, 0.4) is 0 Å². The molecule has 0 aliphatic carbocycles. The number of hydrogen-bond acceptors (Lipinski definition) is 8. The summed E-state index contributed by atoms with van der Waals surface area (Å²) in [6.07, 6.45) is 1.03. The summed E-state index contributed by atoms with van der Waals surface area (Å²) in [6.45, 7) is 4.72. The van der Waals surface area contributed by atoms with Gasteiger partial charge in [-0.3, -0.25) is 4.79 Å². The number of aromatic nitrogens is 3. The number of thioether (sulfide) groups is 1. The molecule has 2 heterocycles. The lowest BCUT2D eigenvalue weighted by atomic mass is 10.5. The van der Waals surface area contributed by atoms with Gasteiger partial charge >= 0.3 is 0 Å². The third kappa shape index (κ3) is 4.49. The van der Waals surface area contributed by atoms with Crippen LogP contribution in [0.15, 0.2) is 14.9 Å². The van der Waals surface area contributed by atoms with E-state index in [4.69, 9.17) is 4.52 Å². The second kappa shape index (κ2) is 7.25. The summed E-state index contributed by atoms with van der Waals surface area (Å²) in [7, 11) is 0. The van der Waals surface area contributed by atoms with E-state index in [1.54, 1.807) is 13.0 Å². The highest BCUT2D eigenvalue weighted by Crippen LogP contribution is 2.25. The Morgan fingerprint density at radius 1 is 1.50 bits per heavy atom. The molecule has 0 radical (unpaired) electrons. The van der Waals surface area contributed by atoms with Crippen LogP contribution in [0.4, 0.5) is 10.9 Å². The van der Waals surface area contributed by atoms with Gasteiger partial charge in [-0.2, -0.15) is 0 Å². The number of nitrogens with zero attached hydrogens (tertiary/aromatic N) is 3. The Bertz CT molecular complexity index is 569. The molecule has 0 aliphatic heterocycles. The Morgan fingerprint density at radius 3 is 3.05 bits per heavy atom. The molecule has 0 saturated heterocycles. The predicted molar refractivity (Wildman–Crippen MR) is 79.3 cm³/mol. The van der Waals surface area contributed by atoms with Gasteiger partial charge in [-0.15, -0.1) is 10.2 Å². The van der Waals surface area contributed by atoms with Crippen molar-refractivity contribution in [2.24, 2.45) is 0 Å². The number of aryl methyl sites for hydroxylation is 1. The van der Waals surface area contributed by atoms with Gasteiger partial charge in [0, 0.05) is 12.6 Å². The van der Waals surface area contributed by atoms with Crippen molar-refractivity contribution in [1.29, 1.82) is 0 Å². The molecule has 2 N–H and O–H groups in total. The van der Waals surface area contributed by atoms with E-state index >= 15 is 0 Å². The molecular weight excluding hydrogens is 298 g/mol. The summed E-state index contributed by atoms with van der Waals surface area (Å²) < 4.78 is 5.63. The molecule has 108 valence electrons. The minimum absolute atomic E-state index is 0.151. The van der Waals surface area contributed by atoms with Gasteiger partial charge in [-0.05, 0) is 13.3 Å². The maximum Gasteiger partial charge on any atom is 0.236 e. The van der Waals surface area contributed by atoms with Crippen molar-refractivity contribution in [3.63, 3.8) is 0 Å². The minimum Gasteiger partial charge on any atom is -0.360 e. The molecule has 7 nitrogen and oxygen atoms in total. The van der Waals surface area contributed by atoms with Crippen LogP contribution in [0.25, 0.3) is 0 Å². The van der Waals surface area contributed by atoms with E-state index in [1.165, 1.54) is 23.1 Å². The number of carbonyl (C=O) groups excluding carboxylic acids is 1. The van der Waals surface area contributed by atoms with Gasteiger partial charge in [-0.25, -0.2) is 0 Å². The first-order valence-corrected chi connectivity index (χ1v) is 7.91. The molecule has 0 spiro atoms. The third-order valence-electron chi connectivity index (χ3n) is 2.15. The van der Waals surface area contributed by atoms with Gasteiger partial charge in [0.2, 0.25) is 11.0 Å². The Balaban J connectivity index is 1.76. The zero-order valence-electron chi connectivity index (χ0n) is 11.2. The lowest BCUT2D eigenvalue weighted by Crippen LogP contribution is -2.14. The zero-order valence-corrected chi connectivity index (χ0v) is 12.8. The van der Waals surface area contributed by atoms with Crippen molar-refractivity contribution in [2.45, 2.75) is 24.6 Å². The summed E-state index contributed by atoms with van der Waals surface area (Å²) in [5.41, 5.74) is 0. The SMILES string of the molecule is CCCNc1nnc(SCC(=O)Nc2cc(C)on2)s1. The summed E-state index contributed by atoms with van der Waals surface area (Å²) in [4.78, 5) is 11.7. The van der Waals surface area contributed by atoms with Gasteiger partial charge in [0.1, 0.15) is 5.76 Å². The van der Waals surface area contributed by atoms with Crippen molar-refractivity contribution >= 4 is 40.0 Å². The lowest BCUT2D eigenvalue weighted by Gasteiger charge is -1.98. The quantitative estimate of drug-likeness (QED) is 0.758. The average molecular weight is 313 g/mol. The molecule has 0 saturated carbocycles. The fourth-order valence-corrected chi connectivity index (χ4v) is 2.88. The zero-order chi connectivity index (χ0) is 14.4. The van der Waals surface area contributed by atoms with Crippen LogP contribution in [0.1, 0.15) is 19.1 Å². The highest BCUT2D eigenvalue weighted by Gasteiger charge is 2.09. The molecule has 1 amide bonds. The van der Waals surface area contributed by atoms with Crippen molar-refractivity contribution in [2.75, 3.05) is 22.9 Å². The van der Waals surface area contributed by atoms with E-state index in [2.05, 4.69) is 32.9 Å². The van der Waals surface area contributed by atoms with E-state index in [0.717, 1.165) is 22.4 Å². The van der Waals surface area contributed by atoms with Crippen LogP contribution < -0.4 is 10.6 Å². The fraction of sp³-hybridized carbons (Fsp3) is 0.455. The molecule has 2 rings (SSSR count). The summed E-state index contributed by atoms with van der Waals surface area (Å²) in [5.74, 6) is 1.19. The first kappa shape index (κ1) is 14.8. The fourth-order valence-electron chi connectivity index (χ4n) is 1.30. The standard InChI is InChI=1S/C11H15N5O2S2/c1-3-4-12-10-14-15-11(20-10)19-6-9(17)13-8-5-7(2)18-16-8/h5H,3-4,6H2,1-2H3,(H,12,14)(H,13,16,17). The normalized spacial score (nSPS) is 10.5. The van der Waals surface area contributed by atoms with Crippen LogP contribution >= 0.6 is 23.1 Å². The maximum atomic E-state index is 11.7. The number of carbonyl (C=O) groups is 1. The van der Waals surface area contributed by atoms with Crippen LogP contribution in [0.2, 0.25) is 0 Å². The van der Waals surface area contributed by atoms with E-state index in [0.29, 0.717) is 11.6 Å². The van der Waals surface area contributed by atoms with Gasteiger partial charge in [-0.1, -0.05) is 35.2 Å². The van der Waals surface area contributed by atoms with Crippen molar-refractivity contribution in [1.82, 2.24) is 15.4 Å². The van der Waals surface area contributed by atoms with Crippen molar-refractivity contribution in [3.05, 3.63) is 11.8 Å². The number of hydrogen-bond donors (Lipinski definition) is 2. The minimum atomic E-state index is -0.151. The summed E-state index contributed by atoms with van der Waals surface area (Å²) >= 11 is 2.78. The van der Waals surface area contributed by atoms with E-state index in [-0.39, 0.29) is 11.7 Å². The number of rotatable bonds is 7. The molecule has 20 heavy (non-hydrogen) atoms. The van der Waals surface area contributed by atoms with Crippen molar-refractivity contribution in [3.8, 4) is 0 Å². The van der Waals surface area contributed by atoms with Gasteiger partial charge < -0.3 is 15.2 Å². The van der Waals surface area contributed by atoms with E-state index in [1.807, 2.05) is 0 Å². The van der Waals surface area contributed by atoms with Gasteiger partial charge in [0.25, 0.3) is 0 Å². The maximum absolute atomic E-state index is 11.7. The Morgan fingerprint density at radius 2 is 2.35 bits per heavy atom. The highest BCUT2D eigenvalue weighted by molar-refractivity contribution is 8.01. The Labute approximate surface area is 124 Å². The molecule has 0 aromatic carbocycles. The topological polar surface area (TPSA) is 92.9 Å². The highest BCUT2D eigenvalue weighted by atomic mass is 32.2. The second-order valence-corrected chi connectivity index (χ2v) is 6.16. The molecule has 2 aromatic heterocycles. The van der Waals surface area contributed by atoms with Gasteiger partial charge in [0.05, 0.1) is 5.75 Å². The molecule has 9 heteroatoms. The third-order valence-corrected chi connectivity index (χ3v) is 4.17. The Hall–Kier alpha value is -1.61. The van der Waals surface area contributed by atoms with Crippen molar-refractivity contribution < 1.29 is 9.32 Å². The van der Waals surface area contributed by atoms with E-state index < -0.39 is 0 Å². The first-order chi connectivity index (χ1) is 9.67. The van der Waals surface area contributed by atoms with E-state index in [9.17, 15) is 4.79 Å². The first-order valence-electron chi connectivity index (χ1n) is 6.10. The molecule has 0 aliphatic rings. The molecular formula is C11H15N5O2S2. The molecule has 0 bridgehead atoms. The second-order valence-electron chi connectivity index (χ2n) is 3.96. The molecule has 0 fully saturated rings. The lowest BCUT2D eigenvalue weighted by molar-refractivity contribution is -0.113. The Kier molecular flexibility index (Phi) is 5.36. The molecule has 0 atom stereocenters. The number of nitrogens with one attached hydrogen (secondary N) is 2. The number of anilines is 2. The van der Waals surface area contributed by atoms with Gasteiger partial charge in [0.15, 0.2) is 10.2 Å². The molecule has 0 unspecified atom stereocenters. The van der Waals surface area contributed by atoms with Crippen LogP contribution in [0.5, 0.6) is 0 Å².